The van der Waals surface area contributed by atoms with Crippen LogP contribution in [-0.2, 0) is 0 Å². The van der Waals surface area contributed by atoms with Crippen molar-refractivity contribution in [1.29, 1.82) is 0 Å². The van der Waals surface area contributed by atoms with Crippen LogP contribution in [0.4, 0.5) is 18.9 Å². The SMILES string of the molecule is O=[N+]([O-])c1cc(F)c(Oc2ccnc3cc(OCCCF)cnc23)c(F)c1. The number of nitrogens with zero attached hydrogens (tertiary/aromatic N) is 3. The number of aromatic nitrogens is 2. The van der Waals surface area contributed by atoms with E-state index in [1.54, 1.807) is 0 Å². The van der Waals surface area contributed by atoms with Crippen LogP contribution < -0.4 is 9.47 Å². The van der Waals surface area contributed by atoms with Crippen LogP contribution in [0, 0.1) is 21.7 Å². The van der Waals surface area contributed by atoms with Gasteiger partial charge in [0.25, 0.3) is 5.69 Å². The third kappa shape index (κ3) is 4.05. The Morgan fingerprint density at radius 3 is 2.56 bits per heavy atom. The fraction of sp³-hybridized carbons (Fsp3) is 0.176. The van der Waals surface area contributed by atoms with Crippen molar-refractivity contribution in [2.24, 2.45) is 0 Å². The largest absolute Gasteiger partial charge is 0.492 e. The molecule has 2 heterocycles. The lowest BCUT2D eigenvalue weighted by atomic mass is 10.2. The van der Waals surface area contributed by atoms with E-state index in [2.05, 4.69) is 9.97 Å². The number of hydrogen-bond acceptors (Lipinski definition) is 6. The standard InChI is InChI=1S/C17H12F3N3O4/c18-3-1-5-26-11-8-14-16(22-9-11)15(2-4-21-14)27-17-12(19)6-10(23(24)25)7-13(17)20/h2,4,6-9H,1,3,5H2. The van der Waals surface area contributed by atoms with Crippen molar-refractivity contribution in [3.8, 4) is 17.2 Å². The summed E-state index contributed by atoms with van der Waals surface area (Å²) in [4.78, 5) is 17.9. The van der Waals surface area contributed by atoms with Gasteiger partial charge in [0.2, 0.25) is 0 Å². The summed E-state index contributed by atoms with van der Waals surface area (Å²) in [5.74, 6) is -2.89. The van der Waals surface area contributed by atoms with Crippen molar-refractivity contribution < 1.29 is 27.6 Å². The number of alkyl halides is 1. The number of nitro groups is 1. The van der Waals surface area contributed by atoms with Gasteiger partial charge < -0.3 is 9.47 Å². The molecule has 27 heavy (non-hydrogen) atoms. The lowest BCUT2D eigenvalue weighted by Crippen LogP contribution is -2.00. The molecule has 0 fully saturated rings. The van der Waals surface area contributed by atoms with E-state index in [1.165, 1.54) is 24.5 Å². The fourth-order valence-corrected chi connectivity index (χ4v) is 2.25. The predicted octanol–water partition coefficient (Wildman–Crippen LogP) is 4.35. The Labute approximate surface area is 150 Å². The normalized spacial score (nSPS) is 10.8. The molecule has 10 heteroatoms. The molecular formula is C17H12F3N3O4. The first-order valence-electron chi connectivity index (χ1n) is 7.74. The first kappa shape index (κ1) is 18.4. The third-order valence-corrected chi connectivity index (χ3v) is 3.47. The van der Waals surface area contributed by atoms with E-state index in [9.17, 15) is 23.3 Å². The van der Waals surface area contributed by atoms with E-state index in [4.69, 9.17) is 9.47 Å². The average Bonchev–Trinajstić information content (AvgIpc) is 2.64. The van der Waals surface area contributed by atoms with Crippen LogP contribution in [0.2, 0.25) is 0 Å². The molecule has 0 unspecified atom stereocenters. The second-order valence-corrected chi connectivity index (χ2v) is 5.34. The van der Waals surface area contributed by atoms with Crippen molar-refractivity contribution in [3.63, 3.8) is 0 Å². The lowest BCUT2D eigenvalue weighted by molar-refractivity contribution is -0.385. The van der Waals surface area contributed by atoms with Gasteiger partial charge in [-0.05, 0) is 0 Å². The Balaban J connectivity index is 1.92. The van der Waals surface area contributed by atoms with Gasteiger partial charge >= 0.3 is 0 Å². The number of rotatable bonds is 7. The highest BCUT2D eigenvalue weighted by molar-refractivity contribution is 5.81. The second kappa shape index (κ2) is 7.85. The molecule has 0 saturated heterocycles. The summed E-state index contributed by atoms with van der Waals surface area (Å²) in [5.41, 5.74) is -0.203. The summed E-state index contributed by atoms with van der Waals surface area (Å²) in [6.45, 7) is -0.345. The molecule has 0 atom stereocenters. The zero-order valence-electron chi connectivity index (χ0n) is 13.7. The third-order valence-electron chi connectivity index (χ3n) is 3.47. The Hall–Kier alpha value is -3.43. The van der Waals surface area contributed by atoms with Crippen LogP contribution in [0.1, 0.15) is 6.42 Å². The summed E-state index contributed by atoms with van der Waals surface area (Å²) in [6, 6.07) is 3.99. The molecule has 0 aliphatic rings. The number of fused-ring (bicyclic) bond motifs is 1. The molecule has 3 rings (SSSR count). The molecule has 0 bridgehead atoms. The molecule has 1 aromatic carbocycles. The first-order chi connectivity index (χ1) is 13.0. The lowest BCUT2D eigenvalue weighted by Gasteiger charge is -2.10. The van der Waals surface area contributed by atoms with E-state index >= 15 is 0 Å². The second-order valence-electron chi connectivity index (χ2n) is 5.34. The Kier molecular flexibility index (Phi) is 5.34. The molecule has 140 valence electrons. The summed E-state index contributed by atoms with van der Waals surface area (Å²) < 4.78 is 50.8. The number of benzene rings is 1. The summed E-state index contributed by atoms with van der Waals surface area (Å²) in [5, 5.41) is 10.7. The smallest absolute Gasteiger partial charge is 0.275 e. The highest BCUT2D eigenvalue weighted by Gasteiger charge is 2.20. The van der Waals surface area contributed by atoms with Crippen LogP contribution in [0.3, 0.4) is 0 Å². The van der Waals surface area contributed by atoms with Crippen molar-refractivity contribution >= 4 is 16.7 Å². The maximum atomic E-state index is 14.0. The monoisotopic (exact) mass is 379 g/mol. The Morgan fingerprint density at radius 2 is 1.89 bits per heavy atom. The summed E-state index contributed by atoms with van der Waals surface area (Å²) in [6.07, 6.45) is 2.91. The van der Waals surface area contributed by atoms with E-state index in [0.717, 1.165) is 0 Å². The zero-order valence-corrected chi connectivity index (χ0v) is 13.7. The first-order valence-corrected chi connectivity index (χ1v) is 7.74. The van der Waals surface area contributed by atoms with Gasteiger partial charge in [-0.3, -0.25) is 19.5 Å². The van der Waals surface area contributed by atoms with Gasteiger partial charge in [-0.1, -0.05) is 0 Å². The van der Waals surface area contributed by atoms with E-state index in [1.807, 2.05) is 0 Å². The Bertz CT molecular complexity index is 977. The summed E-state index contributed by atoms with van der Waals surface area (Å²) >= 11 is 0. The van der Waals surface area contributed by atoms with Crippen molar-refractivity contribution in [3.05, 3.63) is 58.4 Å². The van der Waals surface area contributed by atoms with E-state index in [0.29, 0.717) is 23.4 Å². The maximum absolute atomic E-state index is 14.0. The van der Waals surface area contributed by atoms with Crippen LogP contribution >= 0.6 is 0 Å². The molecule has 2 aromatic heterocycles. The number of nitro benzene ring substituents is 1. The molecule has 0 saturated carbocycles. The molecule has 0 radical (unpaired) electrons. The van der Waals surface area contributed by atoms with Gasteiger partial charge in [0.05, 0.1) is 42.1 Å². The van der Waals surface area contributed by atoms with Crippen LogP contribution in [-0.4, -0.2) is 28.2 Å². The molecule has 3 aromatic rings. The average molecular weight is 379 g/mol. The van der Waals surface area contributed by atoms with E-state index in [-0.39, 0.29) is 24.3 Å². The van der Waals surface area contributed by atoms with Crippen LogP contribution in [0.25, 0.3) is 11.0 Å². The van der Waals surface area contributed by atoms with Gasteiger partial charge in [-0.25, -0.2) is 13.8 Å². The summed E-state index contributed by atoms with van der Waals surface area (Å²) in [7, 11) is 0. The highest BCUT2D eigenvalue weighted by Crippen LogP contribution is 2.34. The van der Waals surface area contributed by atoms with Crippen molar-refractivity contribution in [2.75, 3.05) is 13.3 Å². The van der Waals surface area contributed by atoms with Gasteiger partial charge in [-0.2, -0.15) is 0 Å². The maximum Gasteiger partial charge on any atom is 0.275 e. The number of non-ortho nitro benzene ring substituents is 1. The van der Waals surface area contributed by atoms with Crippen molar-refractivity contribution in [1.82, 2.24) is 9.97 Å². The van der Waals surface area contributed by atoms with Gasteiger partial charge in [0.1, 0.15) is 11.3 Å². The van der Waals surface area contributed by atoms with Gasteiger partial charge in [-0.15, -0.1) is 0 Å². The Morgan fingerprint density at radius 1 is 1.15 bits per heavy atom. The molecule has 7 nitrogen and oxygen atoms in total. The molecule has 0 aliphatic carbocycles. The van der Waals surface area contributed by atoms with Crippen LogP contribution in [0.15, 0.2) is 36.7 Å². The minimum Gasteiger partial charge on any atom is -0.492 e. The number of ether oxygens (including phenoxy) is 2. The molecule has 0 amide bonds. The molecule has 0 spiro atoms. The fourth-order valence-electron chi connectivity index (χ4n) is 2.25. The number of pyridine rings is 2. The van der Waals surface area contributed by atoms with Gasteiger partial charge in [0.15, 0.2) is 23.1 Å². The topological polar surface area (TPSA) is 87.4 Å². The van der Waals surface area contributed by atoms with Crippen molar-refractivity contribution in [2.45, 2.75) is 6.42 Å². The predicted molar refractivity (Wildman–Crippen MR) is 88.7 cm³/mol. The number of hydrogen-bond donors (Lipinski definition) is 0. The molecule has 0 N–H and O–H groups in total. The molecule has 0 aliphatic heterocycles. The number of halogens is 3. The van der Waals surface area contributed by atoms with Gasteiger partial charge in [0, 0.05) is 24.8 Å². The minimum absolute atomic E-state index is 0.00182. The quantitative estimate of drug-likeness (QED) is 0.345. The van der Waals surface area contributed by atoms with E-state index < -0.39 is 34.7 Å². The van der Waals surface area contributed by atoms with Crippen LogP contribution in [0.5, 0.6) is 17.2 Å². The highest BCUT2D eigenvalue weighted by atomic mass is 19.1. The zero-order chi connectivity index (χ0) is 19.4. The minimum atomic E-state index is -1.22. The molecular weight excluding hydrogens is 367 g/mol.